The van der Waals surface area contributed by atoms with Gasteiger partial charge in [0, 0.05) is 11.9 Å². The fourth-order valence-electron chi connectivity index (χ4n) is 1.19. The van der Waals surface area contributed by atoms with Crippen molar-refractivity contribution in [2.24, 2.45) is 0 Å². The Morgan fingerprint density at radius 2 is 2.62 bits per heavy atom. The van der Waals surface area contributed by atoms with Crippen molar-refractivity contribution < 1.29 is 9.94 Å². The molecule has 0 aliphatic carbocycles. The average molecular weight is 252 g/mol. The van der Waals surface area contributed by atoms with E-state index in [4.69, 9.17) is 9.94 Å². The highest BCUT2D eigenvalue weighted by Crippen LogP contribution is 2.09. The van der Waals surface area contributed by atoms with Crippen molar-refractivity contribution in [3.63, 3.8) is 0 Å². The molecule has 13 heavy (non-hydrogen) atoms. The maximum atomic E-state index is 9.02. The van der Waals surface area contributed by atoms with Crippen LogP contribution in [-0.4, -0.2) is 41.9 Å². The molecule has 0 spiro atoms. The number of nitrogens with zero attached hydrogens (tertiary/aromatic N) is 1. The summed E-state index contributed by atoms with van der Waals surface area (Å²) in [5, 5.41) is 11.7. The SMILES string of the molecule is CONC1C=C(CO)N(CCBr)N1. The first-order valence-electron chi connectivity index (χ1n) is 4.01. The number of halogens is 1. The second-order valence-electron chi connectivity index (χ2n) is 2.59. The summed E-state index contributed by atoms with van der Waals surface area (Å²) in [6.45, 7) is 0.830. The quantitative estimate of drug-likeness (QED) is 0.457. The van der Waals surface area contributed by atoms with Crippen molar-refractivity contribution in [1.29, 1.82) is 0 Å². The van der Waals surface area contributed by atoms with E-state index in [9.17, 15) is 0 Å². The van der Waals surface area contributed by atoms with Gasteiger partial charge in [0.2, 0.25) is 0 Å². The summed E-state index contributed by atoms with van der Waals surface area (Å²) in [6, 6.07) is 0. The third kappa shape index (κ3) is 2.92. The summed E-state index contributed by atoms with van der Waals surface area (Å²) in [4.78, 5) is 4.77. The molecular formula is C7H14BrN3O2. The first kappa shape index (κ1) is 10.9. The van der Waals surface area contributed by atoms with E-state index < -0.39 is 0 Å². The molecule has 1 atom stereocenters. The van der Waals surface area contributed by atoms with E-state index in [1.165, 1.54) is 0 Å². The molecule has 0 radical (unpaired) electrons. The van der Waals surface area contributed by atoms with Crippen LogP contribution in [0.4, 0.5) is 0 Å². The van der Waals surface area contributed by atoms with Crippen molar-refractivity contribution in [2.75, 3.05) is 25.6 Å². The van der Waals surface area contributed by atoms with E-state index in [0.717, 1.165) is 17.6 Å². The van der Waals surface area contributed by atoms with Crippen LogP contribution in [-0.2, 0) is 4.84 Å². The Kier molecular flexibility index (Phi) is 4.68. The van der Waals surface area contributed by atoms with Crippen LogP contribution in [0.3, 0.4) is 0 Å². The molecule has 0 aromatic rings. The van der Waals surface area contributed by atoms with Gasteiger partial charge in [-0.25, -0.2) is 5.43 Å². The summed E-state index contributed by atoms with van der Waals surface area (Å²) in [7, 11) is 1.56. The van der Waals surface area contributed by atoms with E-state index in [2.05, 4.69) is 26.8 Å². The number of aliphatic hydroxyl groups excluding tert-OH is 1. The zero-order chi connectivity index (χ0) is 9.68. The zero-order valence-electron chi connectivity index (χ0n) is 7.46. The topological polar surface area (TPSA) is 56.8 Å². The van der Waals surface area contributed by atoms with E-state index >= 15 is 0 Å². The number of hydroxylamine groups is 1. The lowest BCUT2D eigenvalue weighted by molar-refractivity contribution is 0.0493. The van der Waals surface area contributed by atoms with Gasteiger partial charge in [-0.3, -0.25) is 0 Å². The third-order valence-corrected chi connectivity index (χ3v) is 2.07. The first-order chi connectivity index (χ1) is 6.31. The highest BCUT2D eigenvalue weighted by molar-refractivity contribution is 9.09. The Balaban J connectivity index is 2.47. The summed E-state index contributed by atoms with van der Waals surface area (Å²) in [5.74, 6) is 0. The van der Waals surface area contributed by atoms with Gasteiger partial charge in [0.25, 0.3) is 0 Å². The van der Waals surface area contributed by atoms with Crippen molar-refractivity contribution in [2.45, 2.75) is 6.17 Å². The minimum atomic E-state index is -0.0637. The Labute approximate surface area is 85.8 Å². The molecule has 1 unspecified atom stereocenters. The van der Waals surface area contributed by atoms with Crippen LogP contribution in [0.5, 0.6) is 0 Å². The number of hydrogen-bond donors (Lipinski definition) is 3. The third-order valence-electron chi connectivity index (χ3n) is 1.72. The van der Waals surface area contributed by atoms with E-state index in [-0.39, 0.29) is 12.8 Å². The lowest BCUT2D eigenvalue weighted by atomic mass is 10.4. The van der Waals surface area contributed by atoms with Crippen LogP contribution in [0.1, 0.15) is 0 Å². The van der Waals surface area contributed by atoms with Gasteiger partial charge >= 0.3 is 0 Å². The van der Waals surface area contributed by atoms with Crippen LogP contribution in [0.2, 0.25) is 0 Å². The molecule has 1 rings (SSSR count). The summed E-state index contributed by atoms with van der Waals surface area (Å²) < 4.78 is 0. The van der Waals surface area contributed by atoms with Gasteiger partial charge in [0.15, 0.2) is 0 Å². The van der Waals surface area contributed by atoms with Gasteiger partial charge in [-0.15, -0.1) is 0 Å². The van der Waals surface area contributed by atoms with Crippen molar-refractivity contribution in [3.05, 3.63) is 11.8 Å². The molecule has 0 fully saturated rings. The van der Waals surface area contributed by atoms with Gasteiger partial charge in [-0.05, 0) is 6.08 Å². The summed E-state index contributed by atoms with van der Waals surface area (Å²) >= 11 is 3.33. The molecule has 1 aliphatic rings. The van der Waals surface area contributed by atoms with Gasteiger partial charge in [0.1, 0.15) is 6.17 Å². The largest absolute Gasteiger partial charge is 0.390 e. The molecule has 0 amide bonds. The van der Waals surface area contributed by atoms with Gasteiger partial charge in [-0.1, -0.05) is 15.9 Å². The van der Waals surface area contributed by atoms with E-state index in [1.807, 2.05) is 11.1 Å². The number of aliphatic hydroxyl groups is 1. The molecule has 5 nitrogen and oxygen atoms in total. The summed E-state index contributed by atoms with van der Waals surface area (Å²) in [6.07, 6.45) is 1.82. The molecule has 3 N–H and O–H groups in total. The van der Waals surface area contributed by atoms with Crippen LogP contribution in [0.15, 0.2) is 11.8 Å². The summed E-state index contributed by atoms with van der Waals surface area (Å²) in [5.41, 5.74) is 6.71. The monoisotopic (exact) mass is 251 g/mol. The first-order valence-corrected chi connectivity index (χ1v) is 5.13. The minimum absolute atomic E-state index is 0.0297. The normalized spacial score (nSPS) is 22.2. The lowest BCUT2D eigenvalue weighted by Crippen LogP contribution is -2.45. The number of nitrogens with one attached hydrogen (secondary N) is 2. The average Bonchev–Trinajstić information content (AvgIpc) is 2.49. The maximum Gasteiger partial charge on any atom is 0.119 e. The molecular weight excluding hydrogens is 238 g/mol. The highest BCUT2D eigenvalue weighted by atomic mass is 79.9. The fraction of sp³-hybridized carbons (Fsp3) is 0.714. The zero-order valence-corrected chi connectivity index (χ0v) is 9.04. The minimum Gasteiger partial charge on any atom is -0.390 e. The molecule has 1 heterocycles. The molecule has 76 valence electrons. The molecule has 0 aromatic heterocycles. The van der Waals surface area contributed by atoms with Crippen molar-refractivity contribution in [3.8, 4) is 0 Å². The molecule has 0 saturated heterocycles. The number of hydrazine groups is 1. The smallest absolute Gasteiger partial charge is 0.119 e. The molecule has 0 bridgehead atoms. The van der Waals surface area contributed by atoms with Gasteiger partial charge in [0.05, 0.1) is 19.4 Å². The Hall–Kier alpha value is -0.140. The fourth-order valence-corrected chi connectivity index (χ4v) is 1.54. The van der Waals surface area contributed by atoms with E-state index in [0.29, 0.717) is 0 Å². The Morgan fingerprint density at radius 1 is 1.85 bits per heavy atom. The van der Waals surface area contributed by atoms with Gasteiger partial charge < -0.3 is 15.0 Å². The Morgan fingerprint density at radius 3 is 3.15 bits per heavy atom. The van der Waals surface area contributed by atoms with Crippen molar-refractivity contribution >= 4 is 15.9 Å². The predicted octanol–water partition coefficient (Wildman–Crippen LogP) is -0.445. The lowest BCUT2D eigenvalue weighted by Gasteiger charge is -2.21. The second-order valence-corrected chi connectivity index (χ2v) is 3.38. The standard InChI is InChI=1S/C7H14BrN3O2/c1-13-10-7-4-6(5-12)11(9-7)3-2-8/h4,7,9-10,12H,2-3,5H2,1H3. The number of alkyl halides is 1. The maximum absolute atomic E-state index is 9.02. The molecule has 6 heteroatoms. The van der Waals surface area contributed by atoms with E-state index in [1.54, 1.807) is 7.11 Å². The predicted molar refractivity (Wildman–Crippen MR) is 52.7 cm³/mol. The molecule has 0 saturated carbocycles. The van der Waals surface area contributed by atoms with Crippen molar-refractivity contribution in [1.82, 2.24) is 15.9 Å². The van der Waals surface area contributed by atoms with Crippen LogP contribution in [0.25, 0.3) is 0 Å². The highest BCUT2D eigenvalue weighted by Gasteiger charge is 2.20. The number of rotatable bonds is 5. The van der Waals surface area contributed by atoms with Crippen LogP contribution in [0, 0.1) is 0 Å². The van der Waals surface area contributed by atoms with Crippen LogP contribution < -0.4 is 10.9 Å². The Bertz CT molecular complexity index is 189. The van der Waals surface area contributed by atoms with Gasteiger partial charge in [-0.2, -0.15) is 5.48 Å². The number of hydrogen-bond acceptors (Lipinski definition) is 5. The molecule has 0 aromatic carbocycles. The van der Waals surface area contributed by atoms with Crippen LogP contribution >= 0.6 is 15.9 Å². The molecule has 1 aliphatic heterocycles. The second kappa shape index (κ2) is 5.56.